The Hall–Kier alpha value is -2.24. The summed E-state index contributed by atoms with van der Waals surface area (Å²) >= 11 is 0. The van der Waals surface area contributed by atoms with Gasteiger partial charge in [-0.25, -0.2) is 9.37 Å². The van der Waals surface area contributed by atoms with Crippen LogP contribution in [-0.2, 0) is 17.9 Å². The molecule has 21 heavy (non-hydrogen) atoms. The largest absolute Gasteiger partial charge is 0.335 e. The summed E-state index contributed by atoms with van der Waals surface area (Å²) in [7, 11) is 0. The van der Waals surface area contributed by atoms with Gasteiger partial charge in [-0.3, -0.25) is 9.48 Å². The lowest BCUT2D eigenvalue weighted by atomic mass is 10.2. The molecule has 0 unspecified atom stereocenters. The lowest BCUT2D eigenvalue weighted by Crippen LogP contribution is -2.33. The Morgan fingerprint density at radius 3 is 2.86 bits per heavy atom. The highest BCUT2D eigenvalue weighted by molar-refractivity contribution is 5.76. The van der Waals surface area contributed by atoms with Crippen LogP contribution in [0.15, 0.2) is 36.9 Å². The molecule has 110 valence electrons. The first-order valence-corrected chi connectivity index (χ1v) is 7.09. The maximum atomic E-state index is 13.7. The highest BCUT2D eigenvalue weighted by Crippen LogP contribution is 2.29. The lowest BCUT2D eigenvalue weighted by Gasteiger charge is -2.23. The number of aromatic nitrogens is 3. The van der Waals surface area contributed by atoms with Crippen LogP contribution in [0.4, 0.5) is 4.39 Å². The van der Waals surface area contributed by atoms with Crippen molar-refractivity contribution in [3.63, 3.8) is 0 Å². The molecule has 1 aliphatic rings. The fourth-order valence-corrected chi connectivity index (χ4v) is 2.32. The van der Waals surface area contributed by atoms with Crippen molar-refractivity contribution in [2.45, 2.75) is 38.4 Å². The molecule has 2 aromatic rings. The summed E-state index contributed by atoms with van der Waals surface area (Å²) in [5.41, 5.74) is 0.568. The molecular formula is C15H17FN4O. The molecule has 1 aliphatic carbocycles. The molecule has 0 N–H and O–H groups in total. The van der Waals surface area contributed by atoms with E-state index in [-0.39, 0.29) is 17.8 Å². The topological polar surface area (TPSA) is 51.0 Å². The highest BCUT2D eigenvalue weighted by Gasteiger charge is 2.32. The molecule has 1 amide bonds. The van der Waals surface area contributed by atoms with Gasteiger partial charge in [-0.2, -0.15) is 5.10 Å². The summed E-state index contributed by atoms with van der Waals surface area (Å²) in [5.74, 6) is -0.219. The Morgan fingerprint density at radius 2 is 2.19 bits per heavy atom. The normalized spacial score (nSPS) is 14.1. The highest BCUT2D eigenvalue weighted by atomic mass is 19.1. The van der Waals surface area contributed by atoms with E-state index in [2.05, 4.69) is 10.1 Å². The van der Waals surface area contributed by atoms with Gasteiger partial charge in [0.05, 0.1) is 6.54 Å². The quantitative estimate of drug-likeness (QED) is 0.817. The zero-order chi connectivity index (χ0) is 14.7. The van der Waals surface area contributed by atoms with Crippen LogP contribution >= 0.6 is 0 Å². The molecule has 0 aliphatic heterocycles. The van der Waals surface area contributed by atoms with Crippen molar-refractivity contribution in [2.24, 2.45) is 0 Å². The van der Waals surface area contributed by atoms with Gasteiger partial charge in [0.1, 0.15) is 18.5 Å². The van der Waals surface area contributed by atoms with E-state index in [1.54, 1.807) is 34.1 Å². The molecule has 0 radical (unpaired) electrons. The maximum absolute atomic E-state index is 13.7. The smallest absolute Gasteiger partial charge is 0.224 e. The third kappa shape index (κ3) is 3.45. The standard InChI is InChI=1S/C15H17FN4O/c16-14-4-2-1-3-12(14)9-20(13-5-6-13)15(21)7-8-19-11-17-10-18-19/h1-4,10-11,13H,5-9H2. The summed E-state index contributed by atoms with van der Waals surface area (Å²) < 4.78 is 15.4. The molecule has 1 aromatic carbocycles. The van der Waals surface area contributed by atoms with Gasteiger partial charge in [-0.05, 0) is 18.9 Å². The second-order valence-electron chi connectivity index (χ2n) is 5.25. The monoisotopic (exact) mass is 288 g/mol. The van der Waals surface area contributed by atoms with Gasteiger partial charge in [0, 0.05) is 24.6 Å². The van der Waals surface area contributed by atoms with Crippen LogP contribution in [-0.4, -0.2) is 31.6 Å². The molecule has 0 bridgehead atoms. The minimum absolute atomic E-state index is 0.0382. The van der Waals surface area contributed by atoms with Crippen molar-refractivity contribution in [3.8, 4) is 0 Å². The number of amides is 1. The van der Waals surface area contributed by atoms with Gasteiger partial charge >= 0.3 is 0 Å². The van der Waals surface area contributed by atoms with Crippen molar-refractivity contribution in [3.05, 3.63) is 48.3 Å². The Kier molecular flexibility index (Phi) is 3.94. The van der Waals surface area contributed by atoms with Crippen LogP contribution in [0.1, 0.15) is 24.8 Å². The molecule has 1 heterocycles. The SMILES string of the molecule is O=C(CCn1cncn1)N(Cc1ccccc1F)C1CC1. The molecule has 0 spiro atoms. The molecule has 6 heteroatoms. The van der Waals surface area contributed by atoms with Gasteiger partial charge in [0.25, 0.3) is 0 Å². The van der Waals surface area contributed by atoms with E-state index in [1.165, 1.54) is 12.4 Å². The second-order valence-corrected chi connectivity index (χ2v) is 5.25. The number of rotatable bonds is 6. The summed E-state index contributed by atoms with van der Waals surface area (Å²) in [4.78, 5) is 18.0. The number of nitrogens with zero attached hydrogens (tertiary/aromatic N) is 4. The van der Waals surface area contributed by atoms with Gasteiger partial charge in [0.2, 0.25) is 5.91 Å². The molecule has 3 rings (SSSR count). The molecule has 1 fully saturated rings. The van der Waals surface area contributed by atoms with E-state index in [4.69, 9.17) is 0 Å². The molecule has 0 atom stereocenters. The van der Waals surface area contributed by atoms with Crippen molar-refractivity contribution in [1.29, 1.82) is 0 Å². The van der Waals surface area contributed by atoms with Gasteiger partial charge in [-0.15, -0.1) is 0 Å². The van der Waals surface area contributed by atoms with E-state index < -0.39 is 0 Å². The first kappa shape index (κ1) is 13.7. The number of hydrogen-bond donors (Lipinski definition) is 0. The number of aryl methyl sites for hydroxylation is 1. The van der Waals surface area contributed by atoms with Crippen molar-refractivity contribution in [1.82, 2.24) is 19.7 Å². The minimum Gasteiger partial charge on any atom is -0.335 e. The fourth-order valence-electron chi connectivity index (χ4n) is 2.32. The lowest BCUT2D eigenvalue weighted by molar-refractivity contribution is -0.132. The number of carbonyl (C=O) groups excluding carboxylic acids is 1. The van der Waals surface area contributed by atoms with Crippen LogP contribution in [0.5, 0.6) is 0 Å². The molecule has 1 saturated carbocycles. The van der Waals surface area contributed by atoms with Crippen LogP contribution in [0.3, 0.4) is 0 Å². The third-order valence-electron chi connectivity index (χ3n) is 3.63. The summed E-state index contributed by atoms with van der Waals surface area (Å²) in [6, 6.07) is 6.87. The third-order valence-corrected chi connectivity index (χ3v) is 3.63. The molecule has 5 nitrogen and oxygen atoms in total. The number of carbonyl (C=O) groups is 1. The first-order chi connectivity index (χ1) is 10.2. The van der Waals surface area contributed by atoms with E-state index >= 15 is 0 Å². The van der Waals surface area contributed by atoms with E-state index in [9.17, 15) is 9.18 Å². The minimum atomic E-state index is -0.257. The fraction of sp³-hybridized carbons (Fsp3) is 0.400. The van der Waals surface area contributed by atoms with Crippen LogP contribution in [0.2, 0.25) is 0 Å². The van der Waals surface area contributed by atoms with Crippen molar-refractivity contribution in [2.75, 3.05) is 0 Å². The zero-order valence-corrected chi connectivity index (χ0v) is 11.7. The Morgan fingerprint density at radius 1 is 1.38 bits per heavy atom. The molecular weight excluding hydrogens is 271 g/mol. The van der Waals surface area contributed by atoms with E-state index in [1.807, 2.05) is 0 Å². The Labute approximate surface area is 122 Å². The molecule has 0 saturated heterocycles. The average molecular weight is 288 g/mol. The number of hydrogen-bond acceptors (Lipinski definition) is 3. The zero-order valence-electron chi connectivity index (χ0n) is 11.7. The van der Waals surface area contributed by atoms with Crippen LogP contribution < -0.4 is 0 Å². The van der Waals surface area contributed by atoms with Crippen molar-refractivity contribution >= 4 is 5.91 Å². The number of benzene rings is 1. The average Bonchev–Trinajstić information content (AvgIpc) is 3.19. The maximum Gasteiger partial charge on any atom is 0.224 e. The van der Waals surface area contributed by atoms with Crippen LogP contribution in [0.25, 0.3) is 0 Å². The van der Waals surface area contributed by atoms with E-state index in [0.717, 1.165) is 12.8 Å². The number of halogens is 1. The van der Waals surface area contributed by atoms with Gasteiger partial charge in [-0.1, -0.05) is 18.2 Å². The molecule has 1 aromatic heterocycles. The van der Waals surface area contributed by atoms with Crippen molar-refractivity contribution < 1.29 is 9.18 Å². The van der Waals surface area contributed by atoms with E-state index in [0.29, 0.717) is 25.1 Å². The van der Waals surface area contributed by atoms with Crippen LogP contribution in [0, 0.1) is 5.82 Å². The predicted octanol–water partition coefficient (Wildman–Crippen LogP) is 2.00. The summed E-state index contributed by atoms with van der Waals surface area (Å²) in [6.45, 7) is 0.840. The summed E-state index contributed by atoms with van der Waals surface area (Å²) in [6.07, 6.45) is 5.40. The van der Waals surface area contributed by atoms with Gasteiger partial charge < -0.3 is 4.90 Å². The Bertz CT molecular complexity index is 610. The predicted molar refractivity (Wildman–Crippen MR) is 74.6 cm³/mol. The summed E-state index contributed by atoms with van der Waals surface area (Å²) in [5, 5.41) is 3.98. The second kappa shape index (κ2) is 6.03. The first-order valence-electron chi connectivity index (χ1n) is 7.09. The van der Waals surface area contributed by atoms with Gasteiger partial charge in [0.15, 0.2) is 0 Å². The Balaban J connectivity index is 1.64.